The minimum Gasteiger partial charge on any atom is -0.465 e. The molecule has 0 aliphatic carbocycles. The van der Waals surface area contributed by atoms with E-state index in [1.165, 1.54) is 7.11 Å². The Morgan fingerprint density at radius 2 is 2.00 bits per heavy atom. The van der Waals surface area contributed by atoms with Gasteiger partial charge in [0.25, 0.3) is 0 Å². The minimum absolute atomic E-state index is 0.361. The molecule has 0 radical (unpaired) electrons. The molecule has 1 heterocycles. The molecule has 0 amide bonds. The SMILES string of the molecule is COC(=O)c1ccc2cccc(-c3ncc(C)cc3Cl)c2c1. The van der Waals surface area contributed by atoms with E-state index >= 15 is 0 Å². The fraction of sp³-hybridized carbons (Fsp3) is 0.111. The van der Waals surface area contributed by atoms with Crippen LogP contribution in [0.3, 0.4) is 0 Å². The van der Waals surface area contributed by atoms with Crippen LogP contribution in [0.4, 0.5) is 0 Å². The number of halogens is 1. The molecule has 0 aliphatic rings. The van der Waals surface area contributed by atoms with Gasteiger partial charge in [-0.2, -0.15) is 0 Å². The Balaban J connectivity index is 2.26. The number of rotatable bonds is 2. The van der Waals surface area contributed by atoms with E-state index < -0.39 is 0 Å². The van der Waals surface area contributed by atoms with Crippen molar-refractivity contribution in [2.24, 2.45) is 0 Å². The van der Waals surface area contributed by atoms with Gasteiger partial charge in [0.15, 0.2) is 0 Å². The van der Waals surface area contributed by atoms with Crippen LogP contribution in [0.5, 0.6) is 0 Å². The molecular weight excluding hydrogens is 298 g/mol. The maximum atomic E-state index is 11.8. The Kier molecular flexibility index (Phi) is 3.82. The number of hydrogen-bond acceptors (Lipinski definition) is 3. The van der Waals surface area contributed by atoms with Gasteiger partial charge in [0.1, 0.15) is 0 Å². The van der Waals surface area contributed by atoms with Crippen molar-refractivity contribution in [1.82, 2.24) is 4.98 Å². The van der Waals surface area contributed by atoms with Crippen LogP contribution in [-0.4, -0.2) is 18.1 Å². The van der Waals surface area contributed by atoms with Gasteiger partial charge >= 0.3 is 5.97 Å². The lowest BCUT2D eigenvalue weighted by Crippen LogP contribution is -2.00. The summed E-state index contributed by atoms with van der Waals surface area (Å²) in [6, 6.07) is 13.2. The summed E-state index contributed by atoms with van der Waals surface area (Å²) in [4.78, 5) is 16.2. The number of nitrogens with zero attached hydrogens (tertiary/aromatic N) is 1. The van der Waals surface area contributed by atoms with Gasteiger partial charge in [-0.05, 0) is 41.5 Å². The summed E-state index contributed by atoms with van der Waals surface area (Å²) in [5, 5.41) is 2.53. The summed E-state index contributed by atoms with van der Waals surface area (Å²) >= 11 is 6.34. The van der Waals surface area contributed by atoms with Crippen LogP contribution < -0.4 is 0 Å². The lowest BCUT2D eigenvalue weighted by Gasteiger charge is -2.09. The maximum Gasteiger partial charge on any atom is 0.337 e. The third-order valence-electron chi connectivity index (χ3n) is 3.54. The van der Waals surface area contributed by atoms with Crippen LogP contribution in [0.15, 0.2) is 48.7 Å². The second-order valence-corrected chi connectivity index (χ2v) is 5.48. The van der Waals surface area contributed by atoms with Crippen LogP contribution in [0, 0.1) is 6.92 Å². The zero-order valence-corrected chi connectivity index (χ0v) is 13.0. The summed E-state index contributed by atoms with van der Waals surface area (Å²) in [5.74, 6) is -0.361. The Morgan fingerprint density at radius 1 is 1.18 bits per heavy atom. The third kappa shape index (κ3) is 2.55. The van der Waals surface area contributed by atoms with E-state index in [0.29, 0.717) is 16.3 Å². The first-order chi connectivity index (χ1) is 10.6. The molecule has 0 unspecified atom stereocenters. The number of ether oxygens (including phenoxy) is 1. The molecule has 110 valence electrons. The molecule has 0 aliphatic heterocycles. The van der Waals surface area contributed by atoms with Crippen molar-refractivity contribution in [2.75, 3.05) is 7.11 Å². The zero-order chi connectivity index (χ0) is 15.7. The molecule has 0 atom stereocenters. The number of esters is 1. The van der Waals surface area contributed by atoms with Crippen molar-refractivity contribution in [1.29, 1.82) is 0 Å². The molecule has 22 heavy (non-hydrogen) atoms. The average Bonchev–Trinajstić information content (AvgIpc) is 2.53. The number of methoxy groups -OCH3 is 1. The van der Waals surface area contributed by atoms with Crippen molar-refractivity contribution in [3.63, 3.8) is 0 Å². The van der Waals surface area contributed by atoms with E-state index in [0.717, 1.165) is 21.9 Å². The predicted octanol–water partition coefficient (Wildman–Crippen LogP) is 4.65. The number of hydrogen-bond donors (Lipinski definition) is 0. The number of fused-ring (bicyclic) bond motifs is 1. The monoisotopic (exact) mass is 311 g/mol. The number of pyridine rings is 1. The lowest BCUT2D eigenvalue weighted by molar-refractivity contribution is 0.0601. The number of carbonyl (C=O) groups is 1. The van der Waals surface area contributed by atoms with E-state index in [4.69, 9.17) is 16.3 Å². The Morgan fingerprint density at radius 3 is 2.73 bits per heavy atom. The third-order valence-corrected chi connectivity index (χ3v) is 3.82. The smallest absolute Gasteiger partial charge is 0.337 e. The van der Waals surface area contributed by atoms with E-state index in [9.17, 15) is 4.79 Å². The molecule has 0 N–H and O–H groups in total. The molecule has 3 nitrogen and oxygen atoms in total. The van der Waals surface area contributed by atoms with Crippen molar-refractivity contribution < 1.29 is 9.53 Å². The topological polar surface area (TPSA) is 39.2 Å². The highest BCUT2D eigenvalue weighted by molar-refractivity contribution is 6.33. The van der Waals surface area contributed by atoms with Gasteiger partial charge in [0.05, 0.1) is 23.4 Å². The molecule has 1 aromatic heterocycles. The Hall–Kier alpha value is -2.39. The molecule has 3 aromatic rings. The summed E-state index contributed by atoms with van der Waals surface area (Å²) in [6.45, 7) is 1.95. The number of aromatic nitrogens is 1. The van der Waals surface area contributed by atoms with Crippen molar-refractivity contribution in [3.05, 3.63) is 64.8 Å². The Labute approximate surface area is 133 Å². The summed E-state index contributed by atoms with van der Waals surface area (Å²) < 4.78 is 4.79. The molecule has 0 bridgehead atoms. The molecular formula is C18H14ClNO2. The fourth-order valence-electron chi connectivity index (χ4n) is 2.46. The van der Waals surface area contributed by atoms with Crippen molar-refractivity contribution in [2.45, 2.75) is 6.92 Å². The second kappa shape index (κ2) is 5.78. The van der Waals surface area contributed by atoms with Gasteiger partial charge in [-0.25, -0.2) is 4.79 Å². The summed E-state index contributed by atoms with van der Waals surface area (Å²) in [5.41, 5.74) is 3.11. The first-order valence-corrected chi connectivity index (χ1v) is 7.21. The molecule has 4 heteroatoms. The number of benzene rings is 2. The van der Waals surface area contributed by atoms with Gasteiger partial charge in [0.2, 0.25) is 0 Å². The van der Waals surface area contributed by atoms with Crippen LogP contribution in [0.1, 0.15) is 15.9 Å². The minimum atomic E-state index is -0.361. The van der Waals surface area contributed by atoms with Gasteiger partial charge in [-0.1, -0.05) is 35.9 Å². The van der Waals surface area contributed by atoms with Gasteiger partial charge in [-0.3, -0.25) is 4.98 Å². The average molecular weight is 312 g/mol. The van der Waals surface area contributed by atoms with Crippen LogP contribution >= 0.6 is 11.6 Å². The number of aryl methyl sites for hydroxylation is 1. The summed E-state index contributed by atoms with van der Waals surface area (Å²) in [7, 11) is 1.37. The van der Waals surface area contributed by atoms with E-state index in [-0.39, 0.29) is 5.97 Å². The Bertz CT molecular complexity index is 874. The quantitative estimate of drug-likeness (QED) is 0.647. The standard InChI is InChI=1S/C18H14ClNO2/c1-11-8-16(19)17(20-10-11)14-5-3-4-12-6-7-13(9-15(12)14)18(21)22-2/h3-10H,1-2H3. The number of carbonyl (C=O) groups excluding carboxylic acids is 1. The highest BCUT2D eigenvalue weighted by Crippen LogP contribution is 2.32. The molecule has 3 rings (SSSR count). The fourth-order valence-corrected chi connectivity index (χ4v) is 2.78. The lowest BCUT2D eigenvalue weighted by atomic mass is 9.99. The normalized spacial score (nSPS) is 10.7. The predicted molar refractivity (Wildman–Crippen MR) is 88.3 cm³/mol. The molecule has 0 saturated carbocycles. The van der Waals surface area contributed by atoms with Crippen LogP contribution in [-0.2, 0) is 4.74 Å². The largest absolute Gasteiger partial charge is 0.465 e. The maximum absolute atomic E-state index is 11.8. The van der Waals surface area contributed by atoms with Crippen LogP contribution in [0.2, 0.25) is 5.02 Å². The van der Waals surface area contributed by atoms with Gasteiger partial charge in [0, 0.05) is 11.8 Å². The van der Waals surface area contributed by atoms with E-state index in [1.807, 2.05) is 43.3 Å². The molecule has 0 spiro atoms. The highest BCUT2D eigenvalue weighted by atomic mass is 35.5. The molecule has 2 aromatic carbocycles. The zero-order valence-electron chi connectivity index (χ0n) is 12.3. The van der Waals surface area contributed by atoms with E-state index in [1.54, 1.807) is 12.3 Å². The first-order valence-electron chi connectivity index (χ1n) is 6.84. The van der Waals surface area contributed by atoms with Crippen LogP contribution in [0.25, 0.3) is 22.0 Å². The molecule has 0 saturated heterocycles. The highest BCUT2D eigenvalue weighted by Gasteiger charge is 2.12. The first kappa shape index (κ1) is 14.5. The molecule has 0 fully saturated rings. The second-order valence-electron chi connectivity index (χ2n) is 5.08. The van der Waals surface area contributed by atoms with Gasteiger partial charge in [-0.15, -0.1) is 0 Å². The van der Waals surface area contributed by atoms with Crippen molar-refractivity contribution in [3.8, 4) is 11.3 Å². The van der Waals surface area contributed by atoms with Gasteiger partial charge < -0.3 is 4.74 Å². The van der Waals surface area contributed by atoms with E-state index in [2.05, 4.69) is 4.98 Å². The summed E-state index contributed by atoms with van der Waals surface area (Å²) in [6.07, 6.45) is 1.78. The van der Waals surface area contributed by atoms with Crippen molar-refractivity contribution >= 4 is 28.3 Å².